The zero-order valence-corrected chi connectivity index (χ0v) is 39.9. The number of likely N-dealkylation sites (N-methyl/N-ethyl adjacent to an activating group) is 1. The minimum Gasteiger partial charge on any atom is -0.457 e. The number of Topliss-reactive ketones (excluding diaryl/α,β-unsaturated/α-hetero) is 2. The molecule has 3 aliphatic rings. The van der Waals surface area contributed by atoms with E-state index in [2.05, 4.69) is 9.97 Å². The van der Waals surface area contributed by atoms with Gasteiger partial charge in [-0.2, -0.15) is 0 Å². The third kappa shape index (κ3) is 10.2. The Balaban J connectivity index is 1.34. The van der Waals surface area contributed by atoms with E-state index in [1.54, 1.807) is 55.5 Å². The third-order valence-electron chi connectivity index (χ3n) is 14.2. The van der Waals surface area contributed by atoms with Crippen LogP contribution in [0.3, 0.4) is 0 Å². The lowest BCUT2D eigenvalue weighted by Crippen LogP contribution is -2.61. The van der Waals surface area contributed by atoms with Gasteiger partial charge in [0.15, 0.2) is 29.4 Å². The van der Waals surface area contributed by atoms with E-state index in [1.807, 2.05) is 76.4 Å². The fraction of sp³-hybridized carbons (Fsp3) is 0.653. The van der Waals surface area contributed by atoms with Crippen molar-refractivity contribution in [2.24, 2.45) is 23.7 Å². The highest BCUT2D eigenvalue weighted by Crippen LogP contribution is 2.45. The summed E-state index contributed by atoms with van der Waals surface area (Å²) in [6.45, 7) is 15.1. The van der Waals surface area contributed by atoms with Crippen molar-refractivity contribution in [3.63, 3.8) is 0 Å². The van der Waals surface area contributed by atoms with Gasteiger partial charge in [0.1, 0.15) is 23.3 Å². The van der Waals surface area contributed by atoms with E-state index in [0.29, 0.717) is 31.4 Å². The number of unbranched alkanes of at least 4 members (excludes halogenated alkanes) is 1. The Kier molecular flexibility index (Phi) is 15.9. The predicted octanol–water partition coefficient (Wildman–Crippen LogP) is 6.67. The number of carbonyl (C=O) groups is 5. The molecule has 0 radical (unpaired) electrons. The van der Waals surface area contributed by atoms with Crippen molar-refractivity contribution in [2.45, 2.75) is 154 Å². The Bertz CT molecular complexity index is 2150. The molecule has 7 unspecified atom stereocenters. The minimum absolute atomic E-state index is 0.0897. The van der Waals surface area contributed by atoms with Crippen LogP contribution in [-0.4, -0.2) is 136 Å². The van der Waals surface area contributed by atoms with E-state index < -0.39 is 89.3 Å². The monoisotopic (exact) mass is 903 g/mol. The molecule has 0 saturated carbocycles. The molecule has 3 aromatic rings. The first kappa shape index (κ1) is 49.7. The number of ether oxygens (including phenoxy) is 6. The van der Waals surface area contributed by atoms with Crippen molar-refractivity contribution in [3.05, 3.63) is 60.6 Å². The number of methoxy groups -OCH3 is 1. The Labute approximate surface area is 383 Å². The fourth-order valence-electron chi connectivity index (χ4n) is 10.5. The summed E-state index contributed by atoms with van der Waals surface area (Å²) in [5.74, 6) is -5.76. The molecule has 3 saturated heterocycles. The molecule has 0 bridgehead atoms. The molecule has 2 aromatic heterocycles. The SMILES string of the molecule is CCC1OC(=O)C(C)C(=O)C(C)[C@@H](OC2OC(C)CC(N(C)C)[C@H]2OC(=O)c2ccccc2)[C@@](C)(OC)C[C@@H](C)C(=O)[C@H](C)C2N(CCCCn3cnc4cccnc43)C(=O)O[C@]12CC. The van der Waals surface area contributed by atoms with Crippen molar-refractivity contribution >= 4 is 40.8 Å². The van der Waals surface area contributed by atoms with Crippen LogP contribution >= 0.6 is 0 Å². The van der Waals surface area contributed by atoms with Crippen LogP contribution in [0.25, 0.3) is 11.2 Å². The highest BCUT2D eigenvalue weighted by molar-refractivity contribution is 6.00. The van der Waals surface area contributed by atoms with Crippen molar-refractivity contribution in [1.82, 2.24) is 24.3 Å². The summed E-state index contributed by atoms with van der Waals surface area (Å²) < 4.78 is 40.5. The number of hydrogen-bond acceptors (Lipinski definition) is 14. The third-order valence-corrected chi connectivity index (χ3v) is 14.2. The predicted molar refractivity (Wildman–Crippen MR) is 241 cm³/mol. The fourth-order valence-corrected chi connectivity index (χ4v) is 10.5. The van der Waals surface area contributed by atoms with Crippen molar-refractivity contribution in [1.29, 1.82) is 0 Å². The number of imidazole rings is 1. The number of fused-ring (bicyclic) bond motifs is 2. The van der Waals surface area contributed by atoms with Gasteiger partial charge in [-0.25, -0.2) is 19.6 Å². The van der Waals surface area contributed by atoms with Gasteiger partial charge in [0.05, 0.1) is 41.8 Å². The minimum atomic E-state index is -1.39. The van der Waals surface area contributed by atoms with Gasteiger partial charge in [0, 0.05) is 44.1 Å². The van der Waals surface area contributed by atoms with E-state index in [9.17, 15) is 19.2 Å². The van der Waals surface area contributed by atoms with Crippen LogP contribution in [0.4, 0.5) is 4.79 Å². The molecule has 13 atom stereocenters. The van der Waals surface area contributed by atoms with E-state index in [0.717, 1.165) is 11.2 Å². The van der Waals surface area contributed by atoms with Gasteiger partial charge in [-0.3, -0.25) is 14.4 Å². The van der Waals surface area contributed by atoms with Crippen molar-refractivity contribution < 1.29 is 52.4 Å². The van der Waals surface area contributed by atoms with Gasteiger partial charge in [-0.1, -0.05) is 52.8 Å². The van der Waals surface area contributed by atoms with Crippen LogP contribution in [0.15, 0.2) is 55.0 Å². The van der Waals surface area contributed by atoms with Gasteiger partial charge < -0.3 is 42.8 Å². The average Bonchev–Trinajstić information content (AvgIpc) is 3.85. The van der Waals surface area contributed by atoms with Crippen molar-refractivity contribution in [3.8, 4) is 0 Å². The summed E-state index contributed by atoms with van der Waals surface area (Å²) in [6.07, 6.45) is 0.714. The van der Waals surface area contributed by atoms with Gasteiger partial charge in [-0.05, 0) is 97.7 Å². The van der Waals surface area contributed by atoms with Crippen LogP contribution in [0.1, 0.15) is 104 Å². The zero-order valence-electron chi connectivity index (χ0n) is 39.9. The first-order chi connectivity index (χ1) is 30.9. The lowest BCUT2D eigenvalue weighted by atomic mass is 9.72. The van der Waals surface area contributed by atoms with Gasteiger partial charge in [-0.15, -0.1) is 0 Å². The van der Waals surface area contributed by atoms with Crippen LogP contribution in [0.5, 0.6) is 0 Å². The molecule has 16 heteroatoms. The van der Waals surface area contributed by atoms with Crippen LogP contribution in [-0.2, 0) is 49.3 Å². The Morgan fingerprint density at radius 3 is 2.29 bits per heavy atom. The van der Waals surface area contributed by atoms with Gasteiger partial charge in [0.25, 0.3) is 0 Å². The molecule has 356 valence electrons. The number of nitrogens with zero attached hydrogens (tertiary/aromatic N) is 5. The number of aryl methyl sites for hydroxylation is 1. The molecule has 1 amide bonds. The quantitative estimate of drug-likeness (QED) is 0.0769. The maximum Gasteiger partial charge on any atom is 0.410 e. The molecule has 0 aliphatic carbocycles. The number of ketones is 2. The number of hydrogen-bond donors (Lipinski definition) is 0. The molecular weight excluding hydrogens is 835 g/mol. The van der Waals surface area contributed by atoms with Gasteiger partial charge >= 0.3 is 18.0 Å². The highest BCUT2D eigenvalue weighted by atomic mass is 16.7. The number of aromatic nitrogens is 3. The molecule has 3 fully saturated rings. The summed E-state index contributed by atoms with van der Waals surface area (Å²) in [7, 11) is 5.27. The largest absolute Gasteiger partial charge is 0.457 e. The number of cyclic esters (lactones) is 1. The first-order valence-corrected chi connectivity index (χ1v) is 23.2. The number of benzene rings is 1. The van der Waals surface area contributed by atoms with Crippen LogP contribution in [0.2, 0.25) is 0 Å². The smallest absolute Gasteiger partial charge is 0.410 e. The zero-order chi connectivity index (χ0) is 47.4. The lowest BCUT2D eigenvalue weighted by molar-refractivity contribution is -0.294. The first-order valence-electron chi connectivity index (χ1n) is 23.2. The number of pyridine rings is 1. The molecule has 5 heterocycles. The summed E-state index contributed by atoms with van der Waals surface area (Å²) >= 11 is 0. The second-order valence-corrected chi connectivity index (χ2v) is 18.7. The van der Waals surface area contributed by atoms with E-state index in [4.69, 9.17) is 28.4 Å². The molecule has 0 spiro atoms. The summed E-state index contributed by atoms with van der Waals surface area (Å²) in [5, 5.41) is 0. The Morgan fingerprint density at radius 1 is 0.923 bits per heavy atom. The average molecular weight is 904 g/mol. The summed E-state index contributed by atoms with van der Waals surface area (Å²) in [6, 6.07) is 11.2. The number of carbonyl (C=O) groups excluding carboxylic acids is 5. The van der Waals surface area contributed by atoms with Gasteiger partial charge in [0.2, 0.25) is 0 Å². The maximum atomic E-state index is 15.0. The second kappa shape index (κ2) is 20.8. The topological polar surface area (TPSA) is 178 Å². The molecular formula is C49H69N5O11. The molecule has 65 heavy (non-hydrogen) atoms. The molecule has 3 aliphatic heterocycles. The molecule has 6 rings (SSSR count). The second-order valence-electron chi connectivity index (χ2n) is 18.7. The summed E-state index contributed by atoms with van der Waals surface area (Å²) in [4.78, 5) is 84.3. The molecule has 16 nitrogen and oxygen atoms in total. The Hall–Kier alpha value is -4.77. The Morgan fingerprint density at radius 2 is 1.63 bits per heavy atom. The maximum absolute atomic E-state index is 15.0. The molecule has 1 aromatic carbocycles. The van der Waals surface area contributed by atoms with Crippen molar-refractivity contribution in [2.75, 3.05) is 27.7 Å². The lowest BCUT2D eigenvalue weighted by Gasteiger charge is -2.48. The van der Waals surface area contributed by atoms with Crippen LogP contribution < -0.4 is 0 Å². The number of rotatable bonds is 13. The normalized spacial score (nSPS) is 34.0. The number of amides is 1. The highest BCUT2D eigenvalue weighted by Gasteiger charge is 2.62. The molecule has 0 N–H and O–H groups in total. The summed E-state index contributed by atoms with van der Waals surface area (Å²) in [5.41, 5.74) is -0.815. The van der Waals surface area contributed by atoms with E-state index in [1.165, 1.54) is 14.0 Å². The van der Waals surface area contributed by atoms with Crippen LogP contribution in [0, 0.1) is 23.7 Å². The number of esters is 2. The van der Waals surface area contributed by atoms with E-state index in [-0.39, 0.29) is 43.7 Å². The standard InChI is InChI=1S/C49H69N5O11/c1-12-37-49(13-2)41(54(47(59)65-49)25-18-17-24-53-28-51-35-22-19-23-50-43(35)53)31(5)38(55)29(3)27-48(8,60-11)42(32(6)39(56)33(7)44(57)62-37)64-46-40(36(52(9)10)26-30(4)61-46)63-45(58)34-20-15-14-16-21-34/h14-16,19-23,28-33,36-37,40-42,46H,12-13,17-18,24-27H2,1-11H3/t29-,30?,31+,32?,33?,36?,37?,40-,41?,42-,46?,48+,49-/m1/s1. The van der Waals surface area contributed by atoms with E-state index >= 15 is 4.79 Å².